The smallest absolute Gasteiger partial charge is 0.226 e. The normalized spacial score (nSPS) is 50.9. The van der Waals surface area contributed by atoms with Crippen LogP contribution in [0.2, 0.25) is 0 Å². The molecule has 0 radical (unpaired) electrons. The highest BCUT2D eigenvalue weighted by atomic mass is 16.2. The van der Waals surface area contributed by atoms with Gasteiger partial charge in [0.15, 0.2) is 0 Å². The van der Waals surface area contributed by atoms with Crippen LogP contribution in [-0.4, -0.2) is 23.9 Å². The molecule has 0 aromatic carbocycles. The summed E-state index contributed by atoms with van der Waals surface area (Å²) >= 11 is 0. The summed E-state index contributed by atoms with van der Waals surface area (Å²) in [5.41, 5.74) is 0. The summed E-state index contributed by atoms with van der Waals surface area (Å²) in [5, 5.41) is 0. The third-order valence-electron chi connectivity index (χ3n) is 5.44. The van der Waals surface area contributed by atoms with Crippen molar-refractivity contribution in [2.24, 2.45) is 29.6 Å². The lowest BCUT2D eigenvalue weighted by Crippen LogP contribution is -2.31. The van der Waals surface area contributed by atoms with Gasteiger partial charge < -0.3 is 4.90 Å². The molecule has 2 heteroatoms. The molecule has 0 aromatic heterocycles. The molecule has 1 amide bonds. The zero-order valence-electron chi connectivity index (χ0n) is 9.19. The van der Waals surface area contributed by atoms with Gasteiger partial charge in [-0.25, -0.2) is 0 Å². The van der Waals surface area contributed by atoms with Crippen LogP contribution in [0.5, 0.6) is 0 Å². The predicted molar refractivity (Wildman–Crippen MR) is 57.1 cm³/mol. The molecule has 2 bridgehead atoms. The largest absolute Gasteiger partial charge is 0.342 e. The molecule has 4 fully saturated rings. The molecule has 1 saturated heterocycles. The lowest BCUT2D eigenvalue weighted by atomic mass is 10.0. The highest BCUT2D eigenvalue weighted by Crippen LogP contribution is 2.69. The first-order valence-corrected chi connectivity index (χ1v) is 6.65. The van der Waals surface area contributed by atoms with Gasteiger partial charge in [0.05, 0.1) is 0 Å². The average Bonchev–Trinajstić information content (AvgIpc) is 2.70. The minimum atomic E-state index is 0.481. The molecule has 1 aliphatic heterocycles. The zero-order chi connectivity index (χ0) is 9.99. The monoisotopic (exact) mass is 205 g/mol. The maximum Gasteiger partial charge on any atom is 0.226 e. The molecule has 1 heterocycles. The number of nitrogens with zero attached hydrogens (tertiary/aromatic N) is 1. The van der Waals surface area contributed by atoms with E-state index in [1.807, 2.05) is 0 Å². The van der Waals surface area contributed by atoms with Gasteiger partial charge in [-0.3, -0.25) is 4.79 Å². The highest BCUT2D eigenvalue weighted by Gasteiger charge is 2.67. The number of carbonyl (C=O) groups excluding carboxylic acids is 1. The third kappa shape index (κ3) is 1.03. The number of likely N-dealkylation sites (tertiary alicyclic amines) is 1. The van der Waals surface area contributed by atoms with Crippen LogP contribution >= 0.6 is 0 Å². The summed E-state index contributed by atoms with van der Waals surface area (Å²) in [5.74, 6) is 4.55. The predicted octanol–water partition coefficient (Wildman–Crippen LogP) is 1.90. The number of carbonyl (C=O) groups is 1. The molecule has 3 aliphatic carbocycles. The van der Waals surface area contributed by atoms with Crippen molar-refractivity contribution in [2.75, 3.05) is 13.1 Å². The van der Waals surface area contributed by atoms with E-state index in [-0.39, 0.29) is 0 Å². The van der Waals surface area contributed by atoms with Crippen molar-refractivity contribution >= 4 is 5.91 Å². The number of hydrogen-bond donors (Lipinski definition) is 0. The first-order chi connectivity index (χ1) is 7.36. The molecule has 82 valence electrons. The van der Waals surface area contributed by atoms with Crippen LogP contribution in [0.4, 0.5) is 0 Å². The molecule has 4 unspecified atom stereocenters. The average molecular weight is 205 g/mol. The maximum atomic E-state index is 12.3. The Hall–Kier alpha value is -0.530. The Morgan fingerprint density at radius 3 is 2.20 bits per heavy atom. The number of hydrogen-bond acceptors (Lipinski definition) is 1. The molecule has 0 N–H and O–H groups in total. The number of fused-ring (bicyclic) bond motifs is 5. The zero-order valence-corrected chi connectivity index (χ0v) is 9.19. The van der Waals surface area contributed by atoms with Gasteiger partial charge >= 0.3 is 0 Å². The summed E-state index contributed by atoms with van der Waals surface area (Å²) in [4.78, 5) is 14.4. The van der Waals surface area contributed by atoms with Crippen molar-refractivity contribution in [2.45, 2.75) is 32.1 Å². The van der Waals surface area contributed by atoms with E-state index in [4.69, 9.17) is 0 Å². The van der Waals surface area contributed by atoms with Crippen LogP contribution in [0.15, 0.2) is 0 Å². The Morgan fingerprint density at radius 2 is 1.60 bits per heavy atom. The fraction of sp³-hybridized carbons (Fsp3) is 0.923. The summed E-state index contributed by atoms with van der Waals surface area (Å²) in [6, 6.07) is 0. The molecule has 2 nitrogen and oxygen atoms in total. The van der Waals surface area contributed by atoms with E-state index in [1.165, 1.54) is 32.1 Å². The standard InChI is InChI=1S/C13H19NO/c15-13(14-5-1-2-6-14)12-10-8-3-4-9(7-8)11(10)12/h8-12H,1-7H2. The summed E-state index contributed by atoms with van der Waals surface area (Å²) in [6.07, 6.45) is 6.78. The first-order valence-electron chi connectivity index (χ1n) is 6.65. The van der Waals surface area contributed by atoms with E-state index in [9.17, 15) is 4.79 Å². The van der Waals surface area contributed by atoms with Gasteiger partial charge in [-0.1, -0.05) is 0 Å². The summed E-state index contributed by atoms with van der Waals surface area (Å²) < 4.78 is 0. The van der Waals surface area contributed by atoms with E-state index < -0.39 is 0 Å². The Labute approximate surface area is 91.0 Å². The van der Waals surface area contributed by atoms with E-state index >= 15 is 0 Å². The fourth-order valence-corrected chi connectivity index (χ4v) is 4.80. The first kappa shape index (κ1) is 8.60. The Morgan fingerprint density at radius 1 is 1.00 bits per heavy atom. The fourth-order valence-electron chi connectivity index (χ4n) is 4.80. The maximum absolute atomic E-state index is 12.3. The molecular formula is C13H19NO. The molecule has 3 saturated carbocycles. The number of amides is 1. The number of rotatable bonds is 1. The van der Waals surface area contributed by atoms with Crippen molar-refractivity contribution in [1.82, 2.24) is 4.90 Å². The van der Waals surface area contributed by atoms with E-state index in [2.05, 4.69) is 4.90 Å². The van der Waals surface area contributed by atoms with Gasteiger partial charge in [-0.05, 0) is 55.8 Å². The molecule has 15 heavy (non-hydrogen) atoms. The van der Waals surface area contributed by atoms with Gasteiger partial charge in [0.1, 0.15) is 0 Å². The second kappa shape index (κ2) is 2.78. The van der Waals surface area contributed by atoms with Crippen LogP contribution in [0, 0.1) is 29.6 Å². The Bertz CT molecular complexity index is 292. The Balaban J connectivity index is 1.50. The van der Waals surface area contributed by atoms with Crippen molar-refractivity contribution in [1.29, 1.82) is 0 Å². The molecule has 4 aliphatic rings. The van der Waals surface area contributed by atoms with E-state index in [0.29, 0.717) is 11.8 Å². The van der Waals surface area contributed by atoms with E-state index in [1.54, 1.807) is 0 Å². The van der Waals surface area contributed by atoms with E-state index in [0.717, 1.165) is 36.8 Å². The minimum absolute atomic E-state index is 0.481. The molecule has 0 spiro atoms. The van der Waals surface area contributed by atoms with Crippen molar-refractivity contribution in [3.05, 3.63) is 0 Å². The van der Waals surface area contributed by atoms with Gasteiger partial charge in [-0.2, -0.15) is 0 Å². The van der Waals surface area contributed by atoms with Gasteiger partial charge in [0, 0.05) is 19.0 Å². The van der Waals surface area contributed by atoms with Gasteiger partial charge in [-0.15, -0.1) is 0 Å². The van der Waals surface area contributed by atoms with Crippen LogP contribution in [0.3, 0.4) is 0 Å². The second-order valence-electron chi connectivity index (χ2n) is 6.05. The van der Waals surface area contributed by atoms with Crippen LogP contribution < -0.4 is 0 Å². The minimum Gasteiger partial charge on any atom is -0.342 e. The summed E-state index contributed by atoms with van der Waals surface area (Å²) in [6.45, 7) is 2.09. The molecule has 4 rings (SSSR count). The van der Waals surface area contributed by atoms with Gasteiger partial charge in [0.2, 0.25) is 5.91 Å². The van der Waals surface area contributed by atoms with Crippen LogP contribution in [0.1, 0.15) is 32.1 Å². The lowest BCUT2D eigenvalue weighted by Gasteiger charge is -2.17. The Kier molecular flexibility index (Phi) is 1.59. The highest BCUT2D eigenvalue weighted by molar-refractivity contribution is 5.83. The second-order valence-corrected chi connectivity index (χ2v) is 6.05. The quantitative estimate of drug-likeness (QED) is 0.640. The van der Waals surface area contributed by atoms with Crippen LogP contribution in [-0.2, 0) is 4.79 Å². The third-order valence-corrected chi connectivity index (χ3v) is 5.44. The van der Waals surface area contributed by atoms with Crippen molar-refractivity contribution in [3.8, 4) is 0 Å². The van der Waals surface area contributed by atoms with Gasteiger partial charge in [0.25, 0.3) is 0 Å². The van der Waals surface area contributed by atoms with Crippen LogP contribution in [0.25, 0.3) is 0 Å². The van der Waals surface area contributed by atoms with Crippen molar-refractivity contribution < 1.29 is 4.79 Å². The lowest BCUT2D eigenvalue weighted by molar-refractivity contribution is -0.132. The topological polar surface area (TPSA) is 20.3 Å². The SMILES string of the molecule is O=C(C1C2C3CCC(C3)C12)N1CCCC1. The molecular weight excluding hydrogens is 186 g/mol. The van der Waals surface area contributed by atoms with Crippen molar-refractivity contribution in [3.63, 3.8) is 0 Å². The molecule has 4 atom stereocenters. The molecule has 0 aromatic rings. The summed E-state index contributed by atoms with van der Waals surface area (Å²) in [7, 11) is 0.